The summed E-state index contributed by atoms with van der Waals surface area (Å²) in [5.74, 6) is 0.250. The third-order valence-electron chi connectivity index (χ3n) is 5.58. The van der Waals surface area contributed by atoms with Gasteiger partial charge in [-0.2, -0.15) is 0 Å². The van der Waals surface area contributed by atoms with Gasteiger partial charge in [-0.3, -0.25) is 0 Å². The lowest BCUT2D eigenvalue weighted by Gasteiger charge is -2.38. The Hall–Kier alpha value is -1.72. The average molecular weight is 434 g/mol. The van der Waals surface area contributed by atoms with Gasteiger partial charge in [-0.25, -0.2) is 9.18 Å². The van der Waals surface area contributed by atoms with Crippen LogP contribution in [0.2, 0.25) is 5.02 Å². The van der Waals surface area contributed by atoms with E-state index in [0.29, 0.717) is 12.1 Å². The molecular weight excluding hydrogens is 409 g/mol. The van der Waals surface area contributed by atoms with E-state index in [-0.39, 0.29) is 22.2 Å². The minimum Gasteiger partial charge on any atom is -0.456 e. The summed E-state index contributed by atoms with van der Waals surface area (Å²) >= 11 is 7.78. The van der Waals surface area contributed by atoms with Crippen molar-refractivity contribution < 1.29 is 13.9 Å². The molecule has 0 fully saturated rings. The molecule has 0 saturated carbocycles. The van der Waals surface area contributed by atoms with Crippen LogP contribution in [0.3, 0.4) is 0 Å². The van der Waals surface area contributed by atoms with Crippen LogP contribution >= 0.6 is 23.4 Å². The highest BCUT2D eigenvalue weighted by atomic mass is 35.5. The van der Waals surface area contributed by atoms with Crippen LogP contribution in [0, 0.1) is 5.82 Å². The van der Waals surface area contributed by atoms with Crippen molar-refractivity contribution in [3.05, 3.63) is 57.9 Å². The Balaban J connectivity index is 1.63. The lowest BCUT2D eigenvalue weighted by molar-refractivity contribution is 0.00695. The molecule has 0 aromatic heterocycles. The molecule has 3 nitrogen and oxygen atoms in total. The van der Waals surface area contributed by atoms with Crippen molar-refractivity contribution in [3.8, 4) is 0 Å². The first-order valence-corrected chi connectivity index (χ1v) is 11.3. The van der Waals surface area contributed by atoms with E-state index in [1.165, 1.54) is 0 Å². The lowest BCUT2D eigenvalue weighted by atomic mass is 9.71. The first-order chi connectivity index (χ1) is 13.7. The minimum atomic E-state index is -0.534. The summed E-state index contributed by atoms with van der Waals surface area (Å²) in [7, 11) is 0. The smallest absolute Gasteiger partial charge is 0.338 e. The van der Waals surface area contributed by atoms with E-state index in [1.54, 1.807) is 17.8 Å². The predicted octanol–water partition coefficient (Wildman–Crippen LogP) is 6.23. The van der Waals surface area contributed by atoms with Crippen LogP contribution in [-0.2, 0) is 16.6 Å². The third-order valence-corrected chi connectivity index (χ3v) is 7.24. The molecule has 0 radical (unpaired) electrons. The fourth-order valence-electron chi connectivity index (χ4n) is 4.19. The number of hydrogen-bond donors (Lipinski definition) is 1. The van der Waals surface area contributed by atoms with Crippen molar-refractivity contribution in [2.75, 3.05) is 17.6 Å². The van der Waals surface area contributed by atoms with Crippen molar-refractivity contribution in [1.29, 1.82) is 0 Å². The number of carbonyl (C=O) groups excluding carboxylic acids is 1. The SMILES string of the molecule is CC(C)(C)OC(=O)c1ccc2c(c1)NCC1(CCCc3c1ccc(Cl)c3F)CS2. The average Bonchev–Trinajstić information content (AvgIpc) is 2.84. The van der Waals surface area contributed by atoms with Gasteiger partial charge in [0.15, 0.2) is 0 Å². The summed E-state index contributed by atoms with van der Waals surface area (Å²) in [5.41, 5.74) is 2.58. The molecule has 1 aliphatic carbocycles. The molecule has 2 aromatic carbocycles. The van der Waals surface area contributed by atoms with Gasteiger partial charge in [0.25, 0.3) is 0 Å². The molecule has 0 bridgehead atoms. The van der Waals surface area contributed by atoms with E-state index >= 15 is 0 Å². The van der Waals surface area contributed by atoms with Gasteiger partial charge in [0.2, 0.25) is 0 Å². The predicted molar refractivity (Wildman–Crippen MR) is 117 cm³/mol. The summed E-state index contributed by atoms with van der Waals surface area (Å²) in [4.78, 5) is 13.5. The molecule has 2 aliphatic rings. The molecule has 4 rings (SSSR count). The van der Waals surface area contributed by atoms with Crippen LogP contribution in [0.15, 0.2) is 35.2 Å². The molecule has 0 amide bonds. The Morgan fingerprint density at radius 2 is 2.07 bits per heavy atom. The second kappa shape index (κ2) is 7.51. The van der Waals surface area contributed by atoms with E-state index in [0.717, 1.165) is 46.7 Å². The first-order valence-electron chi connectivity index (χ1n) is 9.90. The number of halogens is 2. The molecule has 1 unspecified atom stereocenters. The summed E-state index contributed by atoms with van der Waals surface area (Å²) in [6.07, 6.45) is 2.66. The number of thioether (sulfide) groups is 1. The monoisotopic (exact) mass is 433 g/mol. The van der Waals surface area contributed by atoms with Crippen LogP contribution in [0.25, 0.3) is 0 Å². The van der Waals surface area contributed by atoms with Gasteiger partial charge < -0.3 is 10.1 Å². The van der Waals surface area contributed by atoms with E-state index < -0.39 is 5.60 Å². The summed E-state index contributed by atoms with van der Waals surface area (Å²) in [6, 6.07) is 9.31. The van der Waals surface area contributed by atoms with Crippen LogP contribution in [0.1, 0.15) is 55.1 Å². The maximum Gasteiger partial charge on any atom is 0.338 e. The number of nitrogens with one attached hydrogen (secondary N) is 1. The summed E-state index contributed by atoms with van der Waals surface area (Å²) in [6.45, 7) is 6.27. The number of ether oxygens (including phenoxy) is 1. The molecule has 1 N–H and O–H groups in total. The zero-order valence-electron chi connectivity index (χ0n) is 16.9. The fraction of sp³-hybridized carbons (Fsp3) is 0.435. The Bertz CT molecular complexity index is 972. The van der Waals surface area contributed by atoms with Gasteiger partial charge in [0.1, 0.15) is 11.4 Å². The number of carbonyl (C=O) groups is 1. The van der Waals surface area contributed by atoms with Crippen molar-refractivity contribution in [2.45, 2.75) is 55.9 Å². The summed E-state index contributed by atoms with van der Waals surface area (Å²) < 4.78 is 20.2. The number of fused-ring (bicyclic) bond motifs is 3. The lowest BCUT2D eigenvalue weighted by Crippen LogP contribution is -2.39. The molecule has 154 valence electrons. The van der Waals surface area contributed by atoms with Gasteiger partial charge in [0, 0.05) is 28.3 Å². The molecule has 1 atom stereocenters. The van der Waals surface area contributed by atoms with Crippen molar-refractivity contribution in [1.82, 2.24) is 0 Å². The second-order valence-corrected chi connectivity index (χ2v) is 10.3. The highest BCUT2D eigenvalue weighted by Crippen LogP contribution is 2.46. The Morgan fingerprint density at radius 3 is 2.83 bits per heavy atom. The first kappa shape index (κ1) is 20.5. The van der Waals surface area contributed by atoms with Crippen molar-refractivity contribution in [3.63, 3.8) is 0 Å². The van der Waals surface area contributed by atoms with E-state index in [4.69, 9.17) is 16.3 Å². The van der Waals surface area contributed by atoms with Crippen LogP contribution < -0.4 is 5.32 Å². The van der Waals surface area contributed by atoms with Crippen molar-refractivity contribution >= 4 is 35.0 Å². The molecule has 6 heteroatoms. The fourth-order valence-corrected chi connectivity index (χ4v) is 5.66. The Morgan fingerprint density at radius 1 is 1.28 bits per heavy atom. The molecule has 1 heterocycles. The maximum atomic E-state index is 14.7. The highest BCUT2D eigenvalue weighted by molar-refractivity contribution is 7.99. The van der Waals surface area contributed by atoms with Crippen LogP contribution in [0.4, 0.5) is 10.1 Å². The molecule has 29 heavy (non-hydrogen) atoms. The second-order valence-electron chi connectivity index (χ2n) is 8.88. The largest absolute Gasteiger partial charge is 0.456 e. The molecule has 1 spiro atoms. The Kier molecular flexibility index (Phi) is 5.32. The van der Waals surface area contributed by atoms with Gasteiger partial charge >= 0.3 is 5.97 Å². The van der Waals surface area contributed by atoms with Gasteiger partial charge in [-0.15, -0.1) is 11.8 Å². The standard InChI is InChI=1S/C23H25ClFNO2S/c1-22(2,3)28-21(27)14-6-9-19-18(11-14)26-12-23(13-29-19)10-4-5-15-16(23)7-8-17(24)20(15)25/h6-9,11,26H,4-5,10,12-13H2,1-3H3. The normalized spacial score (nSPS) is 21.0. The van der Waals surface area contributed by atoms with E-state index in [2.05, 4.69) is 5.32 Å². The molecular formula is C23H25ClFNO2S. The summed E-state index contributed by atoms with van der Waals surface area (Å²) in [5, 5.41) is 3.73. The number of hydrogen-bond acceptors (Lipinski definition) is 4. The van der Waals surface area contributed by atoms with Gasteiger partial charge in [0.05, 0.1) is 10.6 Å². The molecule has 1 aliphatic heterocycles. The van der Waals surface area contributed by atoms with Crippen LogP contribution in [0.5, 0.6) is 0 Å². The van der Waals surface area contributed by atoms with E-state index in [9.17, 15) is 9.18 Å². The minimum absolute atomic E-state index is 0.158. The zero-order chi connectivity index (χ0) is 20.8. The van der Waals surface area contributed by atoms with Crippen LogP contribution in [-0.4, -0.2) is 23.9 Å². The third kappa shape index (κ3) is 3.99. The topological polar surface area (TPSA) is 38.3 Å². The highest BCUT2D eigenvalue weighted by Gasteiger charge is 2.39. The Labute approximate surface area is 180 Å². The number of anilines is 1. The molecule has 0 saturated heterocycles. The van der Waals surface area contributed by atoms with Crippen molar-refractivity contribution in [2.24, 2.45) is 0 Å². The number of esters is 1. The van der Waals surface area contributed by atoms with Gasteiger partial charge in [-0.05, 0) is 75.4 Å². The quantitative estimate of drug-likeness (QED) is 0.541. The number of benzene rings is 2. The molecule has 2 aromatic rings. The van der Waals surface area contributed by atoms with E-state index in [1.807, 2.05) is 45.0 Å². The maximum absolute atomic E-state index is 14.7. The van der Waals surface area contributed by atoms with Gasteiger partial charge in [-0.1, -0.05) is 17.7 Å². The number of rotatable bonds is 1. The zero-order valence-corrected chi connectivity index (χ0v) is 18.5.